The number of pyridine rings is 1. The average Bonchev–Trinajstić information content (AvgIpc) is 3.25. The molecule has 1 aliphatic carbocycles. The van der Waals surface area contributed by atoms with Crippen molar-refractivity contribution in [1.82, 2.24) is 14.8 Å². The Hall–Kier alpha value is -1.61. The number of amides is 1. The summed E-state index contributed by atoms with van der Waals surface area (Å²) >= 11 is 9.07. The van der Waals surface area contributed by atoms with E-state index in [4.69, 9.17) is 11.6 Å². The van der Waals surface area contributed by atoms with E-state index in [2.05, 4.69) is 31.3 Å². The monoisotopic (exact) mass is 422 g/mol. The Morgan fingerprint density at radius 3 is 2.67 bits per heavy atom. The van der Waals surface area contributed by atoms with Crippen LogP contribution in [0, 0.1) is 0 Å². The van der Waals surface area contributed by atoms with Crippen LogP contribution in [-0.4, -0.2) is 20.7 Å². The van der Waals surface area contributed by atoms with E-state index < -0.39 is 22.8 Å². The van der Waals surface area contributed by atoms with E-state index >= 15 is 0 Å². The van der Waals surface area contributed by atoms with Crippen LogP contribution in [0.4, 0.5) is 19.0 Å². The van der Waals surface area contributed by atoms with E-state index in [1.54, 1.807) is 12.1 Å². The third-order valence-corrected chi connectivity index (χ3v) is 4.29. The quantitative estimate of drug-likeness (QED) is 0.801. The third kappa shape index (κ3) is 3.72. The first kappa shape index (κ1) is 17.2. The number of alkyl halides is 3. The highest BCUT2D eigenvalue weighted by Crippen LogP contribution is 2.46. The van der Waals surface area contributed by atoms with Crippen LogP contribution in [0.3, 0.4) is 0 Å². The minimum atomic E-state index is -4.66. The van der Waals surface area contributed by atoms with E-state index in [1.807, 2.05) is 0 Å². The Morgan fingerprint density at radius 2 is 2.12 bits per heavy atom. The van der Waals surface area contributed by atoms with Gasteiger partial charge in [-0.05, 0) is 40.9 Å². The Labute approximate surface area is 148 Å². The molecule has 1 N–H and O–H groups in total. The molecule has 1 fully saturated rings. The normalized spacial score (nSPS) is 14.7. The molecular weight excluding hydrogens is 413 g/mol. The molecule has 5 nitrogen and oxygen atoms in total. The van der Waals surface area contributed by atoms with E-state index in [0.717, 1.165) is 22.0 Å². The summed E-state index contributed by atoms with van der Waals surface area (Å²) in [5.41, 5.74) is -0.886. The number of rotatable bonds is 4. The molecule has 2 aromatic rings. The zero-order chi connectivity index (χ0) is 17.5. The van der Waals surface area contributed by atoms with Gasteiger partial charge in [0.15, 0.2) is 5.69 Å². The topological polar surface area (TPSA) is 59.8 Å². The summed E-state index contributed by atoms with van der Waals surface area (Å²) in [6.07, 6.45) is -1.69. The molecule has 0 saturated heterocycles. The molecule has 0 radical (unpaired) electrons. The van der Waals surface area contributed by atoms with Gasteiger partial charge in [-0.25, -0.2) is 4.98 Å². The molecule has 1 aliphatic rings. The van der Waals surface area contributed by atoms with Crippen molar-refractivity contribution in [3.05, 3.63) is 39.2 Å². The molecule has 2 aromatic heterocycles. The number of carbonyl (C=O) groups is 1. The predicted octanol–water partition coefficient (Wildman–Crippen LogP) is 4.23. The molecule has 2 heterocycles. The van der Waals surface area contributed by atoms with Gasteiger partial charge in [-0.1, -0.05) is 11.6 Å². The van der Waals surface area contributed by atoms with Crippen LogP contribution in [0.25, 0.3) is 0 Å². The maximum Gasteiger partial charge on any atom is 0.436 e. The lowest BCUT2D eigenvalue weighted by Crippen LogP contribution is -2.21. The summed E-state index contributed by atoms with van der Waals surface area (Å²) in [6, 6.07) is 3.26. The first-order valence-corrected chi connectivity index (χ1v) is 8.17. The fourth-order valence-corrected chi connectivity index (χ4v) is 2.90. The van der Waals surface area contributed by atoms with E-state index in [0.29, 0.717) is 5.82 Å². The SMILES string of the molecule is O=C(Cn1nc(C(F)(F)F)c(Cl)c1C1CC1)Nc1ccc(Br)cn1. The lowest BCUT2D eigenvalue weighted by atomic mass is 10.2. The molecule has 3 rings (SSSR count). The van der Waals surface area contributed by atoms with E-state index in [-0.39, 0.29) is 18.2 Å². The molecule has 1 amide bonds. The maximum absolute atomic E-state index is 13.0. The zero-order valence-corrected chi connectivity index (χ0v) is 14.4. The highest BCUT2D eigenvalue weighted by atomic mass is 79.9. The van der Waals surface area contributed by atoms with E-state index in [9.17, 15) is 18.0 Å². The minimum Gasteiger partial charge on any atom is -0.309 e. The largest absolute Gasteiger partial charge is 0.436 e. The Balaban J connectivity index is 1.81. The van der Waals surface area contributed by atoms with Crippen LogP contribution in [-0.2, 0) is 17.5 Å². The van der Waals surface area contributed by atoms with Gasteiger partial charge in [-0.15, -0.1) is 0 Å². The molecule has 10 heteroatoms. The molecule has 0 aromatic carbocycles. The van der Waals surface area contributed by atoms with E-state index in [1.165, 1.54) is 6.20 Å². The van der Waals surface area contributed by atoms with Gasteiger partial charge in [0.1, 0.15) is 12.4 Å². The number of hydrogen-bond donors (Lipinski definition) is 1. The first-order chi connectivity index (χ1) is 11.3. The Bertz CT molecular complexity index is 772. The van der Waals surface area contributed by atoms with Crippen molar-refractivity contribution in [2.75, 3.05) is 5.32 Å². The van der Waals surface area contributed by atoms with Crippen LogP contribution in [0.5, 0.6) is 0 Å². The van der Waals surface area contributed by atoms with Crippen molar-refractivity contribution in [2.45, 2.75) is 31.5 Å². The van der Waals surface area contributed by atoms with Crippen LogP contribution in [0.15, 0.2) is 22.8 Å². The lowest BCUT2D eigenvalue weighted by Gasteiger charge is -2.08. The Kier molecular flexibility index (Phi) is 4.56. The number of aromatic nitrogens is 3. The minimum absolute atomic E-state index is 0.0836. The summed E-state index contributed by atoms with van der Waals surface area (Å²) in [5.74, 6) is -0.315. The lowest BCUT2D eigenvalue weighted by molar-refractivity contribution is -0.141. The molecule has 0 spiro atoms. The summed E-state index contributed by atoms with van der Waals surface area (Å²) in [5, 5.41) is 5.61. The number of anilines is 1. The number of halogens is 5. The van der Waals surface area contributed by atoms with Gasteiger partial charge in [0.05, 0.1) is 10.7 Å². The van der Waals surface area contributed by atoms with Crippen LogP contribution >= 0.6 is 27.5 Å². The number of nitrogens with zero attached hydrogens (tertiary/aromatic N) is 3. The molecule has 24 heavy (non-hydrogen) atoms. The molecule has 128 valence electrons. The highest BCUT2D eigenvalue weighted by Gasteiger charge is 2.42. The average molecular weight is 424 g/mol. The second kappa shape index (κ2) is 6.36. The summed E-state index contributed by atoms with van der Waals surface area (Å²) in [4.78, 5) is 16.1. The van der Waals surface area contributed by atoms with Crippen molar-refractivity contribution < 1.29 is 18.0 Å². The molecule has 1 saturated carbocycles. The maximum atomic E-state index is 13.0. The molecular formula is C14H11BrClF3N4O. The van der Waals surface area contributed by atoms with Gasteiger partial charge in [-0.3, -0.25) is 9.48 Å². The second-order valence-electron chi connectivity index (χ2n) is 5.39. The molecule has 0 bridgehead atoms. The number of nitrogens with one attached hydrogen (secondary N) is 1. The predicted molar refractivity (Wildman–Crippen MR) is 84.8 cm³/mol. The Morgan fingerprint density at radius 1 is 1.42 bits per heavy atom. The number of hydrogen-bond acceptors (Lipinski definition) is 3. The van der Waals surface area contributed by atoms with Crippen molar-refractivity contribution in [3.63, 3.8) is 0 Å². The van der Waals surface area contributed by atoms with Crippen LogP contribution < -0.4 is 5.32 Å². The molecule has 0 unspecified atom stereocenters. The van der Waals surface area contributed by atoms with Gasteiger partial charge in [0, 0.05) is 16.6 Å². The van der Waals surface area contributed by atoms with Crippen molar-refractivity contribution in [3.8, 4) is 0 Å². The van der Waals surface area contributed by atoms with Gasteiger partial charge in [0.2, 0.25) is 5.91 Å². The standard InChI is InChI=1S/C14H11BrClF3N4O/c15-8-3-4-9(20-5-8)21-10(24)6-23-12(7-1-2-7)11(16)13(22-23)14(17,18)19/h3-5,7H,1-2,6H2,(H,20,21,24). The summed E-state index contributed by atoms with van der Waals surface area (Å²) < 4.78 is 40.7. The molecule has 0 aliphatic heterocycles. The van der Waals surface area contributed by atoms with Crippen LogP contribution in [0.2, 0.25) is 5.02 Å². The highest BCUT2D eigenvalue weighted by molar-refractivity contribution is 9.10. The van der Waals surface area contributed by atoms with Crippen LogP contribution in [0.1, 0.15) is 30.1 Å². The van der Waals surface area contributed by atoms with Gasteiger partial charge in [-0.2, -0.15) is 18.3 Å². The van der Waals surface area contributed by atoms with Crippen molar-refractivity contribution in [2.24, 2.45) is 0 Å². The fraction of sp³-hybridized carbons (Fsp3) is 0.357. The smallest absolute Gasteiger partial charge is 0.309 e. The zero-order valence-electron chi connectivity index (χ0n) is 12.1. The summed E-state index contributed by atoms with van der Waals surface area (Å²) in [7, 11) is 0. The summed E-state index contributed by atoms with van der Waals surface area (Å²) in [6.45, 7) is -0.362. The van der Waals surface area contributed by atoms with Gasteiger partial charge < -0.3 is 5.32 Å². The van der Waals surface area contributed by atoms with Crippen molar-refractivity contribution >= 4 is 39.3 Å². The second-order valence-corrected chi connectivity index (χ2v) is 6.68. The van der Waals surface area contributed by atoms with Crippen molar-refractivity contribution in [1.29, 1.82) is 0 Å². The van der Waals surface area contributed by atoms with Gasteiger partial charge >= 0.3 is 6.18 Å². The fourth-order valence-electron chi connectivity index (χ4n) is 2.27. The number of carbonyl (C=O) groups excluding carboxylic acids is 1. The molecule has 0 atom stereocenters. The first-order valence-electron chi connectivity index (χ1n) is 7.00. The van der Waals surface area contributed by atoms with Gasteiger partial charge in [0.25, 0.3) is 0 Å². The third-order valence-electron chi connectivity index (χ3n) is 3.45.